The van der Waals surface area contributed by atoms with Crippen LogP contribution in [0.3, 0.4) is 0 Å². The van der Waals surface area contributed by atoms with E-state index in [9.17, 15) is 4.79 Å². The van der Waals surface area contributed by atoms with E-state index in [4.69, 9.17) is 22.6 Å². The third-order valence-electron chi connectivity index (χ3n) is 2.31. The highest BCUT2D eigenvalue weighted by atomic mass is 35.5. The van der Waals surface area contributed by atoms with Gasteiger partial charge in [-0.25, -0.2) is 4.68 Å². The van der Waals surface area contributed by atoms with Gasteiger partial charge < -0.3 is 10.9 Å². The molecule has 0 spiro atoms. The first-order chi connectivity index (χ1) is 9.06. The summed E-state index contributed by atoms with van der Waals surface area (Å²) in [5.74, 6) is 5.34. The Bertz CT molecular complexity index is 602. The van der Waals surface area contributed by atoms with Crippen LogP contribution >= 0.6 is 23.4 Å². The standard InChI is InChI=1S/C11H11ClN4O2S/c12-8-3-1-2-7(4-8)5-9-14-15-11(16(9)13)19-6-10(17)18/h1-4H,5-6,13H2,(H,17,18). The summed E-state index contributed by atoms with van der Waals surface area (Å²) in [5.41, 5.74) is 0.960. The molecule has 0 saturated carbocycles. The normalized spacial score (nSPS) is 10.6. The van der Waals surface area contributed by atoms with Gasteiger partial charge in [0.2, 0.25) is 5.16 Å². The maximum atomic E-state index is 10.5. The van der Waals surface area contributed by atoms with Gasteiger partial charge in [0.25, 0.3) is 0 Å². The van der Waals surface area contributed by atoms with Crippen LogP contribution in [0, 0.1) is 0 Å². The van der Waals surface area contributed by atoms with Gasteiger partial charge in [-0.05, 0) is 17.7 Å². The largest absolute Gasteiger partial charge is 0.481 e. The highest BCUT2D eigenvalue weighted by Gasteiger charge is 2.12. The van der Waals surface area contributed by atoms with Crippen molar-refractivity contribution in [2.24, 2.45) is 0 Å². The number of thioether (sulfide) groups is 1. The predicted octanol–water partition coefficient (Wildman–Crippen LogP) is 1.41. The van der Waals surface area contributed by atoms with Crippen molar-refractivity contribution in [3.05, 3.63) is 40.7 Å². The Balaban J connectivity index is 2.11. The number of carbonyl (C=O) groups is 1. The molecule has 3 N–H and O–H groups in total. The van der Waals surface area contributed by atoms with Crippen LogP contribution in [0.1, 0.15) is 11.4 Å². The Labute approximate surface area is 118 Å². The van der Waals surface area contributed by atoms with Gasteiger partial charge in [0, 0.05) is 11.4 Å². The molecule has 100 valence electrons. The van der Waals surface area contributed by atoms with Crippen LogP contribution in [0.2, 0.25) is 5.02 Å². The van der Waals surface area contributed by atoms with E-state index in [1.54, 1.807) is 6.07 Å². The van der Waals surface area contributed by atoms with E-state index in [-0.39, 0.29) is 5.75 Å². The maximum Gasteiger partial charge on any atom is 0.313 e. The van der Waals surface area contributed by atoms with Crippen molar-refractivity contribution >= 4 is 29.3 Å². The van der Waals surface area contributed by atoms with Crippen molar-refractivity contribution in [3.8, 4) is 0 Å². The lowest BCUT2D eigenvalue weighted by Crippen LogP contribution is -2.15. The number of halogens is 1. The van der Waals surface area contributed by atoms with E-state index >= 15 is 0 Å². The van der Waals surface area contributed by atoms with Gasteiger partial charge in [0.1, 0.15) is 0 Å². The molecular formula is C11H11ClN4O2S. The monoisotopic (exact) mass is 298 g/mol. The van der Waals surface area contributed by atoms with Gasteiger partial charge in [0.15, 0.2) is 5.82 Å². The van der Waals surface area contributed by atoms with Crippen molar-refractivity contribution in [1.82, 2.24) is 14.9 Å². The Morgan fingerprint density at radius 3 is 2.95 bits per heavy atom. The molecule has 0 unspecified atom stereocenters. The van der Waals surface area contributed by atoms with Crippen LogP contribution in [0.15, 0.2) is 29.4 Å². The SMILES string of the molecule is Nn1c(Cc2cccc(Cl)c2)nnc1SCC(=O)O. The number of nitrogen functional groups attached to an aromatic ring is 1. The number of hydrogen-bond acceptors (Lipinski definition) is 5. The first-order valence-electron chi connectivity index (χ1n) is 5.34. The second-order valence-electron chi connectivity index (χ2n) is 3.76. The highest BCUT2D eigenvalue weighted by Crippen LogP contribution is 2.17. The van der Waals surface area contributed by atoms with Crippen LogP contribution in [-0.4, -0.2) is 31.7 Å². The second-order valence-corrected chi connectivity index (χ2v) is 5.14. The van der Waals surface area contributed by atoms with Gasteiger partial charge >= 0.3 is 5.97 Å². The highest BCUT2D eigenvalue weighted by molar-refractivity contribution is 7.99. The van der Waals surface area contributed by atoms with Gasteiger partial charge in [-0.1, -0.05) is 35.5 Å². The molecule has 1 aromatic heterocycles. The average Bonchev–Trinajstić information content (AvgIpc) is 2.68. The number of carboxylic acid groups (broad SMARTS) is 1. The Morgan fingerprint density at radius 1 is 1.47 bits per heavy atom. The molecule has 0 aliphatic rings. The lowest BCUT2D eigenvalue weighted by molar-refractivity contribution is -0.133. The molecule has 2 aromatic rings. The van der Waals surface area contributed by atoms with Crippen molar-refractivity contribution < 1.29 is 9.90 Å². The summed E-state index contributed by atoms with van der Waals surface area (Å²) in [6, 6.07) is 7.35. The summed E-state index contributed by atoms with van der Waals surface area (Å²) < 4.78 is 1.30. The fraction of sp³-hybridized carbons (Fsp3) is 0.182. The molecular weight excluding hydrogens is 288 g/mol. The minimum absolute atomic E-state index is 0.105. The van der Waals surface area contributed by atoms with E-state index in [0.717, 1.165) is 17.3 Å². The number of nitrogens with two attached hydrogens (primary N) is 1. The molecule has 8 heteroatoms. The van der Waals surface area contributed by atoms with E-state index in [1.165, 1.54) is 4.68 Å². The average molecular weight is 299 g/mol. The summed E-state index contributed by atoms with van der Waals surface area (Å²) in [6.07, 6.45) is 0.484. The van der Waals surface area contributed by atoms with Crippen LogP contribution < -0.4 is 5.84 Å². The lowest BCUT2D eigenvalue weighted by atomic mass is 10.1. The summed E-state index contributed by atoms with van der Waals surface area (Å²) in [5, 5.41) is 17.4. The quantitative estimate of drug-likeness (QED) is 0.640. The lowest BCUT2D eigenvalue weighted by Gasteiger charge is -2.03. The molecule has 19 heavy (non-hydrogen) atoms. The van der Waals surface area contributed by atoms with Crippen molar-refractivity contribution in [1.29, 1.82) is 0 Å². The first-order valence-corrected chi connectivity index (χ1v) is 6.71. The number of aromatic nitrogens is 3. The van der Waals surface area contributed by atoms with E-state index in [2.05, 4.69) is 10.2 Å². The molecule has 6 nitrogen and oxygen atoms in total. The summed E-state index contributed by atoms with van der Waals surface area (Å²) >= 11 is 6.93. The minimum Gasteiger partial charge on any atom is -0.481 e. The molecule has 0 radical (unpaired) electrons. The fourth-order valence-electron chi connectivity index (χ4n) is 1.48. The van der Waals surface area contributed by atoms with Crippen molar-refractivity contribution in [3.63, 3.8) is 0 Å². The Hall–Kier alpha value is -1.73. The third-order valence-corrected chi connectivity index (χ3v) is 3.47. The topological polar surface area (TPSA) is 94.0 Å². The van der Waals surface area contributed by atoms with Crippen LogP contribution in [0.4, 0.5) is 0 Å². The fourth-order valence-corrected chi connectivity index (χ4v) is 2.29. The van der Waals surface area contributed by atoms with Crippen molar-refractivity contribution in [2.45, 2.75) is 11.6 Å². The summed E-state index contributed by atoms with van der Waals surface area (Å²) in [6.45, 7) is 0. The van der Waals surface area contributed by atoms with Crippen molar-refractivity contribution in [2.75, 3.05) is 11.6 Å². The van der Waals surface area contributed by atoms with Crippen LogP contribution in [0.25, 0.3) is 0 Å². The third kappa shape index (κ3) is 3.62. The zero-order valence-electron chi connectivity index (χ0n) is 9.78. The molecule has 0 bridgehead atoms. The number of carboxylic acids is 1. The number of benzene rings is 1. The zero-order valence-corrected chi connectivity index (χ0v) is 11.4. The molecule has 1 aromatic carbocycles. The molecule has 0 saturated heterocycles. The molecule has 0 amide bonds. The summed E-state index contributed by atoms with van der Waals surface area (Å²) in [7, 11) is 0. The molecule has 2 rings (SSSR count). The van der Waals surface area contributed by atoms with E-state index in [0.29, 0.717) is 22.4 Å². The molecule has 0 atom stereocenters. The number of nitrogens with zero attached hydrogens (tertiary/aromatic N) is 3. The molecule has 0 fully saturated rings. The minimum atomic E-state index is -0.926. The Morgan fingerprint density at radius 2 is 2.26 bits per heavy atom. The maximum absolute atomic E-state index is 10.5. The predicted molar refractivity (Wildman–Crippen MR) is 72.8 cm³/mol. The van der Waals surface area contributed by atoms with E-state index in [1.807, 2.05) is 18.2 Å². The first kappa shape index (κ1) is 13.7. The number of aliphatic carboxylic acids is 1. The van der Waals surface area contributed by atoms with Gasteiger partial charge in [0.05, 0.1) is 5.75 Å². The van der Waals surface area contributed by atoms with Crippen LogP contribution in [0.5, 0.6) is 0 Å². The molecule has 1 heterocycles. The van der Waals surface area contributed by atoms with Gasteiger partial charge in [-0.15, -0.1) is 10.2 Å². The molecule has 0 aliphatic heterocycles. The number of rotatable bonds is 5. The number of hydrogen-bond donors (Lipinski definition) is 2. The van der Waals surface area contributed by atoms with E-state index < -0.39 is 5.97 Å². The smallest absolute Gasteiger partial charge is 0.313 e. The summed E-state index contributed by atoms with van der Waals surface area (Å²) in [4.78, 5) is 10.5. The van der Waals surface area contributed by atoms with Gasteiger partial charge in [-0.2, -0.15) is 0 Å². The zero-order chi connectivity index (χ0) is 13.8. The van der Waals surface area contributed by atoms with Crippen LogP contribution in [-0.2, 0) is 11.2 Å². The second kappa shape index (κ2) is 5.94. The Kier molecular flexibility index (Phi) is 4.28. The molecule has 0 aliphatic carbocycles. The van der Waals surface area contributed by atoms with Gasteiger partial charge in [-0.3, -0.25) is 4.79 Å².